The van der Waals surface area contributed by atoms with Crippen LogP contribution in [-0.4, -0.2) is 43.1 Å². The van der Waals surface area contributed by atoms with E-state index in [0.29, 0.717) is 29.6 Å². The Labute approximate surface area is 189 Å². The molecule has 4 N–H and O–H groups in total. The van der Waals surface area contributed by atoms with Gasteiger partial charge in [-0.3, -0.25) is 4.79 Å². The number of carbonyl (C=O) groups is 1. The molecule has 0 fully saturated rings. The highest BCUT2D eigenvalue weighted by Gasteiger charge is 2.25. The van der Waals surface area contributed by atoms with Crippen LogP contribution < -0.4 is 16.2 Å². The zero-order valence-corrected chi connectivity index (χ0v) is 19.3. The van der Waals surface area contributed by atoms with Crippen molar-refractivity contribution in [1.82, 2.24) is 4.90 Å². The predicted molar refractivity (Wildman–Crippen MR) is 124 cm³/mol. The maximum atomic E-state index is 13.0. The van der Waals surface area contributed by atoms with Crippen LogP contribution in [0.5, 0.6) is 5.75 Å². The van der Waals surface area contributed by atoms with Gasteiger partial charge in [0.25, 0.3) is 0 Å². The quantitative estimate of drug-likeness (QED) is 0.568. The maximum Gasteiger partial charge on any atom is 0.239 e. The molecular weight excluding hydrogens is 421 g/mol. The predicted octanol–water partition coefficient (Wildman–Crippen LogP) is 4.12. The highest BCUT2D eigenvalue weighted by molar-refractivity contribution is 6.35. The second-order valence-electron chi connectivity index (χ2n) is 7.64. The van der Waals surface area contributed by atoms with Gasteiger partial charge >= 0.3 is 0 Å². The van der Waals surface area contributed by atoms with Crippen LogP contribution in [-0.2, 0) is 11.2 Å². The van der Waals surface area contributed by atoms with E-state index in [1.807, 2.05) is 25.1 Å². The van der Waals surface area contributed by atoms with Crippen molar-refractivity contribution >= 4 is 29.1 Å². The van der Waals surface area contributed by atoms with Gasteiger partial charge in [0.05, 0.1) is 12.1 Å². The van der Waals surface area contributed by atoms with Crippen LogP contribution >= 0.6 is 23.2 Å². The van der Waals surface area contributed by atoms with Gasteiger partial charge in [-0.2, -0.15) is 0 Å². The summed E-state index contributed by atoms with van der Waals surface area (Å²) in [5, 5.41) is 1.05. The van der Waals surface area contributed by atoms with Gasteiger partial charge in [-0.25, -0.2) is 0 Å². The molecule has 1 amide bonds. The molecule has 7 heteroatoms. The molecule has 0 bridgehead atoms. The zero-order valence-electron chi connectivity index (χ0n) is 17.8. The van der Waals surface area contributed by atoms with Crippen molar-refractivity contribution in [1.29, 1.82) is 0 Å². The molecule has 0 aliphatic rings. The normalized spacial score (nSPS) is 13.0. The minimum atomic E-state index is -0.712. The van der Waals surface area contributed by atoms with Crippen LogP contribution in [0.2, 0.25) is 10.0 Å². The largest absolute Gasteiger partial charge is 0.491 e. The summed E-state index contributed by atoms with van der Waals surface area (Å²) in [6, 6.07) is 10.3. The third-order valence-electron chi connectivity index (χ3n) is 5.33. The monoisotopic (exact) mass is 451 g/mol. The lowest BCUT2D eigenvalue weighted by molar-refractivity contribution is -0.134. The molecule has 0 saturated carbocycles. The number of hydrogen-bond donors (Lipinski definition) is 2. The number of nitrogens with zero attached hydrogens (tertiary/aromatic N) is 1. The number of benzene rings is 2. The Hall–Kier alpha value is -1.79. The van der Waals surface area contributed by atoms with E-state index < -0.39 is 6.04 Å². The van der Waals surface area contributed by atoms with Gasteiger partial charge in [0.15, 0.2) is 0 Å². The lowest BCUT2D eigenvalue weighted by atomic mass is 10.0. The highest BCUT2D eigenvalue weighted by Crippen LogP contribution is 2.23. The Morgan fingerprint density at radius 3 is 2.50 bits per heavy atom. The van der Waals surface area contributed by atoms with Crippen LogP contribution in [0, 0.1) is 13.8 Å². The van der Waals surface area contributed by atoms with Gasteiger partial charge in [-0.15, -0.1) is 0 Å². The van der Waals surface area contributed by atoms with Crippen molar-refractivity contribution in [2.75, 3.05) is 20.2 Å². The Morgan fingerprint density at radius 2 is 1.87 bits per heavy atom. The number of likely N-dealkylation sites (N-methyl/N-ethyl adjacent to an activating group) is 1. The molecule has 0 aliphatic carbocycles. The lowest BCUT2D eigenvalue weighted by Crippen LogP contribution is -2.49. The van der Waals surface area contributed by atoms with Crippen molar-refractivity contribution in [3.63, 3.8) is 0 Å². The first kappa shape index (κ1) is 24.5. The standard InChI is InChI=1S/C23H31Cl2N3O2/c1-15-6-9-20(11-16(15)2)30-14-19(5-4-10-26)28(3)23(29)22(27)12-17-7-8-18(24)13-21(17)25/h6-9,11,13,19,22H,4-5,10,12,14,26-27H2,1-3H3/t19-,22-/m0/s1. The summed E-state index contributed by atoms with van der Waals surface area (Å²) in [7, 11) is 1.76. The first-order valence-corrected chi connectivity index (χ1v) is 10.8. The SMILES string of the molecule is Cc1ccc(OC[C@H](CCCN)N(C)C(=O)[C@@H](N)Cc2ccc(Cl)cc2Cl)cc1C. The number of hydrogen-bond acceptors (Lipinski definition) is 4. The van der Waals surface area contributed by atoms with Gasteiger partial charge in [0.1, 0.15) is 12.4 Å². The second kappa shape index (κ2) is 11.6. The summed E-state index contributed by atoms with van der Waals surface area (Å²) < 4.78 is 5.99. The van der Waals surface area contributed by atoms with Crippen molar-refractivity contribution < 1.29 is 9.53 Å². The van der Waals surface area contributed by atoms with Crippen LogP contribution in [0.1, 0.15) is 29.5 Å². The fourth-order valence-electron chi connectivity index (χ4n) is 3.19. The molecule has 2 rings (SSSR count). The summed E-state index contributed by atoms with van der Waals surface area (Å²) in [5.74, 6) is 0.626. The van der Waals surface area contributed by atoms with Crippen LogP contribution in [0.4, 0.5) is 0 Å². The lowest BCUT2D eigenvalue weighted by Gasteiger charge is -2.30. The molecule has 0 unspecified atom stereocenters. The number of ether oxygens (including phenoxy) is 1. The fraction of sp³-hybridized carbons (Fsp3) is 0.435. The Kier molecular flexibility index (Phi) is 9.43. The summed E-state index contributed by atoms with van der Waals surface area (Å²) in [6.45, 7) is 5.03. The van der Waals surface area contributed by atoms with E-state index in [1.54, 1.807) is 30.1 Å². The van der Waals surface area contributed by atoms with Crippen molar-refractivity contribution in [3.8, 4) is 5.75 Å². The second-order valence-corrected chi connectivity index (χ2v) is 8.48. The fourth-order valence-corrected chi connectivity index (χ4v) is 3.68. The average Bonchev–Trinajstić information content (AvgIpc) is 2.71. The summed E-state index contributed by atoms with van der Waals surface area (Å²) in [6.07, 6.45) is 1.86. The number of aryl methyl sites for hydroxylation is 2. The molecule has 0 spiro atoms. The summed E-state index contributed by atoms with van der Waals surface area (Å²) in [5.41, 5.74) is 15.1. The number of rotatable bonds is 10. The molecule has 0 aromatic heterocycles. The van der Waals surface area contributed by atoms with Crippen molar-refractivity contribution in [3.05, 3.63) is 63.1 Å². The highest BCUT2D eigenvalue weighted by atomic mass is 35.5. The molecule has 164 valence electrons. The van der Waals surface area contributed by atoms with Crippen LogP contribution in [0.3, 0.4) is 0 Å². The third kappa shape index (κ3) is 6.88. The van der Waals surface area contributed by atoms with Gasteiger partial charge < -0.3 is 21.1 Å². The first-order valence-electron chi connectivity index (χ1n) is 10.1. The van der Waals surface area contributed by atoms with E-state index in [-0.39, 0.29) is 11.9 Å². The molecule has 0 heterocycles. The van der Waals surface area contributed by atoms with Gasteiger partial charge in [0, 0.05) is 17.1 Å². The summed E-state index contributed by atoms with van der Waals surface area (Å²) >= 11 is 12.2. The van der Waals surface area contributed by atoms with Crippen LogP contribution in [0.25, 0.3) is 0 Å². The molecule has 2 aromatic carbocycles. The van der Waals surface area contributed by atoms with E-state index in [0.717, 1.165) is 29.7 Å². The van der Waals surface area contributed by atoms with Gasteiger partial charge in [-0.05, 0) is 80.6 Å². The van der Waals surface area contributed by atoms with E-state index in [1.165, 1.54) is 5.56 Å². The summed E-state index contributed by atoms with van der Waals surface area (Å²) in [4.78, 5) is 14.7. The maximum absolute atomic E-state index is 13.0. The van der Waals surface area contributed by atoms with Crippen molar-refractivity contribution in [2.24, 2.45) is 11.5 Å². The number of halogens is 2. The number of nitrogens with two attached hydrogens (primary N) is 2. The molecule has 2 aromatic rings. The first-order chi connectivity index (χ1) is 14.2. The van der Waals surface area contributed by atoms with Gasteiger partial charge in [0.2, 0.25) is 5.91 Å². The zero-order chi connectivity index (χ0) is 22.3. The minimum absolute atomic E-state index is 0.130. The smallest absolute Gasteiger partial charge is 0.239 e. The van der Waals surface area contributed by atoms with E-state index in [4.69, 9.17) is 39.4 Å². The average molecular weight is 452 g/mol. The van der Waals surface area contributed by atoms with Gasteiger partial charge in [-0.1, -0.05) is 35.3 Å². The number of amides is 1. The molecule has 30 heavy (non-hydrogen) atoms. The molecule has 0 saturated heterocycles. The van der Waals surface area contributed by atoms with Crippen LogP contribution in [0.15, 0.2) is 36.4 Å². The molecule has 0 radical (unpaired) electrons. The van der Waals surface area contributed by atoms with E-state index in [2.05, 4.69) is 6.92 Å². The van der Waals surface area contributed by atoms with E-state index in [9.17, 15) is 4.79 Å². The van der Waals surface area contributed by atoms with E-state index >= 15 is 0 Å². The Balaban J connectivity index is 2.04. The number of carbonyl (C=O) groups excluding carboxylic acids is 1. The molecule has 2 atom stereocenters. The molecule has 0 aliphatic heterocycles. The topological polar surface area (TPSA) is 81.6 Å². The molecule has 5 nitrogen and oxygen atoms in total. The Bertz CT molecular complexity index is 860. The molecular formula is C23H31Cl2N3O2. The third-order valence-corrected chi connectivity index (χ3v) is 5.92. The Morgan fingerprint density at radius 1 is 1.13 bits per heavy atom. The minimum Gasteiger partial charge on any atom is -0.491 e. The van der Waals surface area contributed by atoms with Crippen molar-refractivity contribution in [2.45, 2.75) is 45.2 Å².